The molecule has 0 radical (unpaired) electrons. The smallest absolute Gasteiger partial charge is 0.348 e. The number of thiazole rings is 1. The van der Waals surface area contributed by atoms with Gasteiger partial charge in [-0.15, -0.1) is 11.3 Å². The zero-order valence-corrected chi connectivity index (χ0v) is 11.5. The molecule has 2 N–H and O–H groups in total. The summed E-state index contributed by atoms with van der Waals surface area (Å²) in [6.07, 6.45) is 0. The number of carbonyl (C=O) groups is 2. The predicted molar refractivity (Wildman–Crippen MR) is 73.2 cm³/mol. The van der Waals surface area contributed by atoms with Crippen LogP contribution >= 0.6 is 22.7 Å². The Morgan fingerprint density at radius 1 is 1.42 bits per heavy atom. The van der Waals surface area contributed by atoms with Crippen LogP contribution in [0.1, 0.15) is 15.4 Å². The van der Waals surface area contributed by atoms with Gasteiger partial charge in [-0.3, -0.25) is 14.2 Å². The maximum absolute atomic E-state index is 11.8. The van der Waals surface area contributed by atoms with Gasteiger partial charge < -0.3 is 10.4 Å². The van der Waals surface area contributed by atoms with E-state index in [9.17, 15) is 14.4 Å². The van der Waals surface area contributed by atoms with E-state index >= 15 is 0 Å². The molecule has 0 bridgehead atoms. The summed E-state index contributed by atoms with van der Waals surface area (Å²) < 4.78 is 1.34. The van der Waals surface area contributed by atoms with E-state index in [0.717, 1.165) is 22.7 Å². The van der Waals surface area contributed by atoms with Gasteiger partial charge in [-0.05, 0) is 18.4 Å². The number of carboxylic acids is 1. The minimum atomic E-state index is -1.09. The fourth-order valence-electron chi connectivity index (χ4n) is 1.50. The van der Waals surface area contributed by atoms with E-state index in [0.29, 0.717) is 5.69 Å². The first-order chi connectivity index (χ1) is 8.99. The minimum Gasteiger partial charge on any atom is -0.477 e. The van der Waals surface area contributed by atoms with Crippen molar-refractivity contribution >= 4 is 40.2 Å². The lowest BCUT2D eigenvalue weighted by Crippen LogP contribution is -2.25. The Labute approximate surface area is 115 Å². The van der Waals surface area contributed by atoms with E-state index in [2.05, 4.69) is 5.32 Å². The zero-order valence-electron chi connectivity index (χ0n) is 9.87. The van der Waals surface area contributed by atoms with Crippen LogP contribution in [0.5, 0.6) is 0 Å². The molecule has 0 unspecified atom stereocenters. The van der Waals surface area contributed by atoms with Crippen LogP contribution in [0, 0.1) is 6.92 Å². The largest absolute Gasteiger partial charge is 0.477 e. The van der Waals surface area contributed by atoms with Crippen molar-refractivity contribution < 1.29 is 14.7 Å². The Balaban J connectivity index is 2.12. The van der Waals surface area contributed by atoms with Crippen molar-refractivity contribution in [2.24, 2.45) is 0 Å². The molecule has 2 heterocycles. The molecule has 0 fully saturated rings. The van der Waals surface area contributed by atoms with Gasteiger partial charge in [0.2, 0.25) is 5.91 Å². The first-order valence-corrected chi connectivity index (χ1v) is 7.00. The molecule has 1 amide bonds. The van der Waals surface area contributed by atoms with Gasteiger partial charge in [0.05, 0.1) is 5.69 Å². The molecule has 0 aliphatic carbocycles. The van der Waals surface area contributed by atoms with Crippen molar-refractivity contribution in [3.63, 3.8) is 0 Å². The summed E-state index contributed by atoms with van der Waals surface area (Å²) in [6, 6.07) is 1.52. The lowest BCUT2D eigenvalue weighted by atomic mass is 10.3. The van der Waals surface area contributed by atoms with Crippen molar-refractivity contribution in [1.82, 2.24) is 4.57 Å². The summed E-state index contributed by atoms with van der Waals surface area (Å²) in [5, 5.41) is 14.7. The molecular formula is C11H10N2O4S2. The summed E-state index contributed by atoms with van der Waals surface area (Å²) in [6.45, 7) is 1.61. The van der Waals surface area contributed by atoms with Crippen LogP contribution in [-0.4, -0.2) is 21.6 Å². The highest BCUT2D eigenvalue weighted by Crippen LogP contribution is 2.22. The molecule has 0 aliphatic rings. The molecule has 2 rings (SSSR count). The molecule has 100 valence electrons. The fraction of sp³-hybridized carbons (Fsp3) is 0.182. The third kappa shape index (κ3) is 2.91. The number of aromatic carboxylic acids is 1. The van der Waals surface area contributed by atoms with E-state index in [1.807, 2.05) is 0 Å². The maximum Gasteiger partial charge on any atom is 0.348 e. The lowest BCUT2D eigenvalue weighted by molar-refractivity contribution is -0.116. The molecule has 6 nitrogen and oxygen atoms in total. The van der Waals surface area contributed by atoms with Gasteiger partial charge in [0, 0.05) is 11.1 Å². The zero-order chi connectivity index (χ0) is 14.0. The Morgan fingerprint density at radius 2 is 2.16 bits per heavy atom. The normalized spacial score (nSPS) is 10.4. The van der Waals surface area contributed by atoms with Gasteiger partial charge in [0.15, 0.2) is 0 Å². The van der Waals surface area contributed by atoms with Gasteiger partial charge in [0.1, 0.15) is 11.4 Å². The van der Waals surface area contributed by atoms with Crippen LogP contribution in [0.2, 0.25) is 0 Å². The Kier molecular flexibility index (Phi) is 3.82. The van der Waals surface area contributed by atoms with Crippen LogP contribution in [0.3, 0.4) is 0 Å². The van der Waals surface area contributed by atoms with Crippen molar-refractivity contribution in [2.75, 3.05) is 5.32 Å². The third-order valence-corrected chi connectivity index (χ3v) is 4.20. The highest BCUT2D eigenvalue weighted by Gasteiger charge is 2.15. The number of rotatable bonds is 4. The third-order valence-electron chi connectivity index (χ3n) is 2.41. The van der Waals surface area contributed by atoms with Crippen LogP contribution in [0.4, 0.5) is 5.69 Å². The van der Waals surface area contributed by atoms with Crippen LogP contribution in [0.25, 0.3) is 0 Å². The molecule has 8 heteroatoms. The van der Waals surface area contributed by atoms with Gasteiger partial charge in [0.25, 0.3) is 0 Å². The molecule has 2 aromatic rings. The number of carboxylic acid groups (broad SMARTS) is 1. The highest BCUT2D eigenvalue weighted by atomic mass is 32.1. The van der Waals surface area contributed by atoms with E-state index in [1.165, 1.54) is 10.6 Å². The molecule has 0 saturated heterocycles. The first kappa shape index (κ1) is 13.5. The average Bonchev–Trinajstić information content (AvgIpc) is 2.91. The van der Waals surface area contributed by atoms with E-state index in [-0.39, 0.29) is 22.0 Å². The van der Waals surface area contributed by atoms with Crippen molar-refractivity contribution in [2.45, 2.75) is 13.5 Å². The molecule has 0 saturated carbocycles. The van der Waals surface area contributed by atoms with E-state index < -0.39 is 11.9 Å². The molecule has 0 aliphatic heterocycles. The van der Waals surface area contributed by atoms with E-state index in [1.54, 1.807) is 17.7 Å². The SMILES string of the molecule is Cc1csc(=O)n1CC(=O)Nc1ccsc1C(=O)O. The number of hydrogen-bond donors (Lipinski definition) is 2. The van der Waals surface area contributed by atoms with Crippen LogP contribution in [-0.2, 0) is 11.3 Å². The first-order valence-electron chi connectivity index (χ1n) is 5.24. The number of nitrogens with zero attached hydrogens (tertiary/aromatic N) is 1. The van der Waals surface area contributed by atoms with Gasteiger partial charge in [-0.25, -0.2) is 4.79 Å². The molecule has 19 heavy (non-hydrogen) atoms. The number of hydrogen-bond acceptors (Lipinski definition) is 5. The average molecular weight is 298 g/mol. The topological polar surface area (TPSA) is 88.4 Å². The lowest BCUT2D eigenvalue weighted by Gasteiger charge is -2.06. The number of thiophene rings is 1. The van der Waals surface area contributed by atoms with Crippen LogP contribution in [0.15, 0.2) is 21.6 Å². The molecule has 0 aromatic carbocycles. The summed E-state index contributed by atoms with van der Waals surface area (Å²) in [5.74, 6) is -1.52. The fourth-order valence-corrected chi connectivity index (χ4v) is 2.92. The number of aromatic nitrogens is 1. The van der Waals surface area contributed by atoms with E-state index in [4.69, 9.17) is 5.11 Å². The number of carbonyl (C=O) groups excluding carboxylic acids is 1. The monoisotopic (exact) mass is 298 g/mol. The van der Waals surface area contributed by atoms with Gasteiger partial charge in [-0.1, -0.05) is 11.3 Å². The number of anilines is 1. The number of amides is 1. The second-order valence-electron chi connectivity index (χ2n) is 3.75. The molecule has 2 aromatic heterocycles. The van der Waals surface area contributed by atoms with Crippen molar-refractivity contribution in [3.05, 3.63) is 37.1 Å². The summed E-state index contributed by atoms with van der Waals surface area (Å²) in [7, 11) is 0. The van der Waals surface area contributed by atoms with Crippen molar-refractivity contribution in [3.8, 4) is 0 Å². The summed E-state index contributed by atoms with van der Waals surface area (Å²) >= 11 is 2.06. The van der Waals surface area contributed by atoms with Gasteiger partial charge >= 0.3 is 10.8 Å². The number of nitrogens with one attached hydrogen (secondary N) is 1. The van der Waals surface area contributed by atoms with Gasteiger partial charge in [-0.2, -0.15) is 0 Å². The molecule has 0 spiro atoms. The minimum absolute atomic E-state index is 0.0720. The quantitative estimate of drug-likeness (QED) is 0.897. The Morgan fingerprint density at radius 3 is 2.74 bits per heavy atom. The highest BCUT2D eigenvalue weighted by molar-refractivity contribution is 7.12. The maximum atomic E-state index is 11.8. The molecule has 0 atom stereocenters. The predicted octanol–water partition coefficient (Wildman–Crippen LogP) is 1.62. The number of aryl methyl sites for hydroxylation is 1. The summed E-state index contributed by atoms with van der Waals surface area (Å²) in [5.41, 5.74) is 0.956. The van der Waals surface area contributed by atoms with Crippen molar-refractivity contribution in [1.29, 1.82) is 0 Å². The second-order valence-corrected chi connectivity index (χ2v) is 5.48. The standard InChI is InChI=1S/C11H10N2O4S2/c1-6-5-19-11(17)13(6)4-8(14)12-7-2-3-18-9(7)10(15)16/h2-3,5H,4H2,1H3,(H,12,14)(H,15,16). The Hall–Kier alpha value is -1.93. The van der Waals surface area contributed by atoms with Crippen LogP contribution < -0.4 is 10.2 Å². The Bertz CT molecular complexity index is 683. The molecular weight excluding hydrogens is 288 g/mol. The summed E-state index contributed by atoms with van der Waals surface area (Å²) in [4.78, 5) is 34.0. The second kappa shape index (κ2) is 5.37.